The number of hydrogen-bond donors (Lipinski definition) is 1. The van der Waals surface area contributed by atoms with Gasteiger partial charge in [0.2, 0.25) is 0 Å². The van der Waals surface area contributed by atoms with Gasteiger partial charge in [-0.2, -0.15) is 5.26 Å². The first-order valence-electron chi connectivity index (χ1n) is 11.4. The summed E-state index contributed by atoms with van der Waals surface area (Å²) in [4.78, 5) is 37.5. The molecule has 0 saturated heterocycles. The number of nitro benzene ring substituents is 1. The maximum atomic E-state index is 13.0. The summed E-state index contributed by atoms with van der Waals surface area (Å²) >= 11 is 1.33. The molecule has 36 heavy (non-hydrogen) atoms. The largest absolute Gasteiger partial charge is 0.462 e. The number of nitriles is 1. The Kier molecular flexibility index (Phi) is 7.31. The van der Waals surface area contributed by atoms with Crippen LogP contribution in [0.1, 0.15) is 46.8 Å². The molecule has 0 spiro atoms. The Morgan fingerprint density at radius 3 is 2.83 bits per heavy atom. The fraction of sp³-hybridized carbons (Fsp3) is 0.269. The number of fused-ring (bicyclic) bond motifs is 1. The highest BCUT2D eigenvalue weighted by molar-refractivity contribution is 7.17. The smallest absolute Gasteiger partial charge is 0.341 e. The second kappa shape index (κ2) is 10.6. The standard InChI is InChI=1S/C26H23N3O6S/c1-3-34-26(31)23-19-10-8-15(2)12-22(19)36-25(23)28-24(30)16(14-27)13-17-9-11-21(35-17)18-6-4-5-7-20(18)29(32)33/h4-7,9,11,13,15H,3,8,10,12H2,1-2H3,(H,28,30)/b16-13+. The van der Waals surface area contributed by atoms with Crippen LogP contribution >= 0.6 is 11.3 Å². The molecule has 184 valence electrons. The van der Waals surface area contributed by atoms with Crippen molar-refractivity contribution in [3.05, 3.63) is 73.8 Å². The molecule has 1 atom stereocenters. The van der Waals surface area contributed by atoms with E-state index in [0.717, 1.165) is 29.7 Å². The van der Waals surface area contributed by atoms with Gasteiger partial charge in [-0.05, 0) is 55.9 Å². The molecule has 2 heterocycles. The first-order valence-corrected chi connectivity index (χ1v) is 12.2. The van der Waals surface area contributed by atoms with Crippen molar-refractivity contribution in [2.75, 3.05) is 11.9 Å². The van der Waals surface area contributed by atoms with Crippen LogP contribution in [0, 0.1) is 27.4 Å². The van der Waals surface area contributed by atoms with Gasteiger partial charge in [0.15, 0.2) is 0 Å². The average Bonchev–Trinajstić information content (AvgIpc) is 3.46. The lowest BCUT2D eigenvalue weighted by molar-refractivity contribution is -0.384. The number of carbonyl (C=O) groups excluding carboxylic acids is 2. The molecule has 1 aromatic carbocycles. The van der Waals surface area contributed by atoms with Crippen molar-refractivity contribution in [3.8, 4) is 17.4 Å². The summed E-state index contributed by atoms with van der Waals surface area (Å²) in [7, 11) is 0. The molecule has 0 radical (unpaired) electrons. The fourth-order valence-electron chi connectivity index (χ4n) is 4.14. The highest BCUT2D eigenvalue weighted by Gasteiger charge is 2.29. The Balaban J connectivity index is 1.62. The molecule has 0 saturated carbocycles. The summed E-state index contributed by atoms with van der Waals surface area (Å²) in [6, 6.07) is 11.0. The lowest BCUT2D eigenvalue weighted by Gasteiger charge is -2.18. The van der Waals surface area contributed by atoms with Crippen LogP contribution in [-0.2, 0) is 22.4 Å². The topological polar surface area (TPSA) is 135 Å². The molecule has 4 rings (SSSR count). The molecule has 3 aromatic rings. The average molecular weight is 506 g/mol. The van der Waals surface area contributed by atoms with Crippen LogP contribution in [0.15, 0.2) is 46.4 Å². The number of carbonyl (C=O) groups is 2. The molecule has 1 N–H and O–H groups in total. The summed E-state index contributed by atoms with van der Waals surface area (Å²) in [5.41, 5.74) is 1.17. The molecule has 0 fully saturated rings. The number of hydrogen-bond acceptors (Lipinski definition) is 8. The van der Waals surface area contributed by atoms with Crippen LogP contribution in [0.25, 0.3) is 17.4 Å². The number of ether oxygens (including phenoxy) is 1. The lowest BCUT2D eigenvalue weighted by atomic mass is 9.88. The molecule has 0 bridgehead atoms. The van der Waals surface area contributed by atoms with Crippen LogP contribution in [0.5, 0.6) is 0 Å². The van der Waals surface area contributed by atoms with Gasteiger partial charge in [-0.15, -0.1) is 11.3 Å². The van der Waals surface area contributed by atoms with Crippen molar-refractivity contribution >= 4 is 40.0 Å². The highest BCUT2D eigenvalue weighted by atomic mass is 32.1. The van der Waals surface area contributed by atoms with E-state index >= 15 is 0 Å². The highest BCUT2D eigenvalue weighted by Crippen LogP contribution is 2.40. The molecule has 2 aromatic heterocycles. The van der Waals surface area contributed by atoms with Gasteiger partial charge < -0.3 is 14.5 Å². The SMILES string of the molecule is CCOC(=O)c1c(NC(=O)/C(C#N)=C/c2ccc(-c3ccccc3[N+](=O)[O-])o2)sc2c1CCC(C)C2. The van der Waals surface area contributed by atoms with E-state index in [1.807, 2.05) is 6.07 Å². The van der Waals surface area contributed by atoms with Gasteiger partial charge in [-0.25, -0.2) is 4.79 Å². The Bertz CT molecular complexity index is 1410. The number of nitro groups is 1. The third-order valence-electron chi connectivity index (χ3n) is 5.86. The Morgan fingerprint density at radius 1 is 1.33 bits per heavy atom. The van der Waals surface area contributed by atoms with Gasteiger partial charge in [0.25, 0.3) is 11.6 Å². The minimum Gasteiger partial charge on any atom is -0.462 e. The Hall–Kier alpha value is -4.23. The minimum absolute atomic E-state index is 0.122. The molecule has 1 amide bonds. The first-order chi connectivity index (χ1) is 17.3. The third kappa shape index (κ3) is 5.06. The van der Waals surface area contributed by atoms with E-state index in [1.165, 1.54) is 35.6 Å². The number of nitrogens with one attached hydrogen (secondary N) is 1. The second-order valence-corrected chi connectivity index (χ2v) is 9.48. The van der Waals surface area contributed by atoms with Gasteiger partial charge in [-0.1, -0.05) is 19.1 Å². The summed E-state index contributed by atoms with van der Waals surface area (Å²) in [6.07, 6.45) is 3.73. The normalized spacial score (nSPS) is 15.0. The van der Waals surface area contributed by atoms with Crippen LogP contribution < -0.4 is 5.32 Å². The summed E-state index contributed by atoms with van der Waals surface area (Å²) in [6.45, 7) is 4.06. The van der Waals surface area contributed by atoms with Crippen LogP contribution in [0.2, 0.25) is 0 Å². The van der Waals surface area contributed by atoms with Gasteiger partial charge in [0, 0.05) is 17.0 Å². The van der Waals surface area contributed by atoms with E-state index in [-0.39, 0.29) is 35.0 Å². The van der Waals surface area contributed by atoms with E-state index in [1.54, 1.807) is 25.1 Å². The van der Waals surface area contributed by atoms with Crippen molar-refractivity contribution in [2.45, 2.75) is 33.1 Å². The predicted molar refractivity (Wildman–Crippen MR) is 134 cm³/mol. The summed E-state index contributed by atoms with van der Waals surface area (Å²) in [5, 5.41) is 24.0. The van der Waals surface area contributed by atoms with E-state index < -0.39 is 16.8 Å². The number of rotatable bonds is 7. The molecule has 1 aliphatic rings. The monoisotopic (exact) mass is 505 g/mol. The van der Waals surface area contributed by atoms with Crippen molar-refractivity contribution < 1.29 is 23.7 Å². The van der Waals surface area contributed by atoms with E-state index in [2.05, 4.69) is 12.2 Å². The van der Waals surface area contributed by atoms with Gasteiger partial charge in [-0.3, -0.25) is 14.9 Å². The molecular formula is C26H23N3O6S. The van der Waals surface area contributed by atoms with Crippen LogP contribution in [-0.4, -0.2) is 23.4 Å². The number of benzene rings is 1. The Morgan fingerprint density at radius 2 is 2.11 bits per heavy atom. The number of thiophene rings is 1. The third-order valence-corrected chi connectivity index (χ3v) is 7.03. The summed E-state index contributed by atoms with van der Waals surface area (Å²) in [5.74, 6) is -0.311. The minimum atomic E-state index is -0.696. The maximum absolute atomic E-state index is 13.0. The van der Waals surface area contributed by atoms with Crippen molar-refractivity contribution in [3.63, 3.8) is 0 Å². The first kappa shape index (κ1) is 24.9. The van der Waals surface area contributed by atoms with Gasteiger partial charge in [0.05, 0.1) is 22.7 Å². The van der Waals surface area contributed by atoms with Crippen LogP contribution in [0.3, 0.4) is 0 Å². The Labute approximate surface area is 211 Å². The van der Waals surface area contributed by atoms with Crippen molar-refractivity contribution in [1.29, 1.82) is 5.26 Å². The molecule has 1 aliphatic carbocycles. The zero-order valence-electron chi connectivity index (χ0n) is 19.7. The van der Waals surface area contributed by atoms with E-state index in [4.69, 9.17) is 9.15 Å². The van der Waals surface area contributed by atoms with Gasteiger partial charge in [0.1, 0.15) is 28.2 Å². The number of nitrogens with zero attached hydrogens (tertiary/aromatic N) is 2. The zero-order chi connectivity index (χ0) is 25.8. The predicted octanol–water partition coefficient (Wildman–Crippen LogP) is 5.76. The number of furan rings is 1. The number of para-hydroxylation sites is 1. The molecule has 1 unspecified atom stereocenters. The van der Waals surface area contributed by atoms with E-state index in [0.29, 0.717) is 16.5 Å². The summed E-state index contributed by atoms with van der Waals surface area (Å²) < 4.78 is 10.9. The van der Waals surface area contributed by atoms with Gasteiger partial charge >= 0.3 is 5.97 Å². The lowest BCUT2D eigenvalue weighted by Crippen LogP contribution is -2.17. The number of esters is 1. The fourth-order valence-corrected chi connectivity index (χ4v) is 5.53. The van der Waals surface area contributed by atoms with Crippen molar-refractivity contribution in [1.82, 2.24) is 0 Å². The number of anilines is 1. The van der Waals surface area contributed by atoms with Crippen molar-refractivity contribution in [2.24, 2.45) is 5.92 Å². The maximum Gasteiger partial charge on any atom is 0.341 e. The van der Waals surface area contributed by atoms with E-state index in [9.17, 15) is 25.0 Å². The second-order valence-electron chi connectivity index (χ2n) is 8.38. The zero-order valence-corrected chi connectivity index (χ0v) is 20.5. The molecule has 9 nitrogen and oxygen atoms in total. The number of amides is 1. The molecule has 10 heteroatoms. The molecular weight excluding hydrogens is 482 g/mol. The quantitative estimate of drug-likeness (QED) is 0.142. The van der Waals surface area contributed by atoms with Crippen LogP contribution in [0.4, 0.5) is 10.7 Å². The molecule has 0 aliphatic heterocycles.